The average molecular weight is 335 g/mol. The minimum Gasteiger partial charge on any atom is -0.548 e. The van der Waals surface area contributed by atoms with Gasteiger partial charge in [0.1, 0.15) is 5.70 Å². The van der Waals surface area contributed by atoms with Crippen LogP contribution in [0.15, 0.2) is 36.0 Å². The van der Waals surface area contributed by atoms with Gasteiger partial charge in [0.05, 0.1) is 12.0 Å². The van der Waals surface area contributed by atoms with Crippen LogP contribution in [0.5, 0.6) is 0 Å². The van der Waals surface area contributed by atoms with Crippen molar-refractivity contribution >= 4 is 35.6 Å². The number of hydrogen-bond donors (Lipinski definition) is 2. The molecule has 0 fully saturated rings. The molecule has 0 unspecified atom stereocenters. The summed E-state index contributed by atoms with van der Waals surface area (Å²) in [6.07, 6.45) is 3.57. The van der Waals surface area contributed by atoms with Crippen molar-refractivity contribution in [3.05, 3.63) is 41.6 Å². The standard InChI is InChI=1S/C16H20N2O4S/c1-11(19)17-14(10-12-6-4-3-5-7-12)15(20)18-13(16(21)22)8-9-23-2/h3-7,10,13H,8-9H2,1-2H3,(H,17,19)(H,18,20)(H,21,22)/p-1/t13-/m1/s1. The highest BCUT2D eigenvalue weighted by atomic mass is 32.2. The Hall–Kier alpha value is -2.28. The first-order chi connectivity index (χ1) is 10.9. The monoisotopic (exact) mass is 335 g/mol. The normalized spacial score (nSPS) is 12.3. The lowest BCUT2D eigenvalue weighted by molar-refractivity contribution is -0.308. The fraction of sp³-hybridized carbons (Fsp3) is 0.312. The van der Waals surface area contributed by atoms with E-state index in [0.717, 1.165) is 0 Å². The third-order valence-electron chi connectivity index (χ3n) is 2.87. The molecule has 0 aliphatic carbocycles. The maximum atomic E-state index is 12.3. The molecule has 0 bridgehead atoms. The zero-order chi connectivity index (χ0) is 17.2. The molecule has 0 spiro atoms. The van der Waals surface area contributed by atoms with Gasteiger partial charge in [-0.1, -0.05) is 30.3 Å². The average Bonchev–Trinajstić information content (AvgIpc) is 2.50. The van der Waals surface area contributed by atoms with Crippen LogP contribution in [-0.4, -0.2) is 35.8 Å². The van der Waals surface area contributed by atoms with Crippen LogP contribution < -0.4 is 15.7 Å². The van der Waals surface area contributed by atoms with Crippen LogP contribution in [0.25, 0.3) is 6.08 Å². The molecule has 1 aromatic rings. The molecule has 0 heterocycles. The van der Waals surface area contributed by atoms with E-state index in [1.165, 1.54) is 24.8 Å². The number of benzene rings is 1. The van der Waals surface area contributed by atoms with Gasteiger partial charge in [-0.2, -0.15) is 11.8 Å². The number of carbonyl (C=O) groups excluding carboxylic acids is 3. The summed E-state index contributed by atoms with van der Waals surface area (Å²) in [5, 5.41) is 15.9. The van der Waals surface area contributed by atoms with E-state index in [-0.39, 0.29) is 12.1 Å². The smallest absolute Gasteiger partial charge is 0.268 e. The quantitative estimate of drug-likeness (QED) is 0.659. The highest BCUT2D eigenvalue weighted by molar-refractivity contribution is 7.98. The number of aliphatic carboxylic acids is 1. The van der Waals surface area contributed by atoms with Crippen molar-refractivity contribution in [3.63, 3.8) is 0 Å². The number of thioether (sulfide) groups is 1. The van der Waals surface area contributed by atoms with E-state index in [0.29, 0.717) is 11.3 Å². The summed E-state index contributed by atoms with van der Waals surface area (Å²) in [7, 11) is 0. The van der Waals surface area contributed by atoms with Crippen molar-refractivity contribution in [1.29, 1.82) is 0 Å². The molecule has 124 valence electrons. The van der Waals surface area contributed by atoms with Crippen LogP contribution >= 0.6 is 11.8 Å². The van der Waals surface area contributed by atoms with Gasteiger partial charge in [0.15, 0.2) is 0 Å². The number of rotatable bonds is 8. The molecule has 2 amide bonds. The third-order valence-corrected chi connectivity index (χ3v) is 3.51. The molecule has 1 atom stereocenters. The van der Waals surface area contributed by atoms with Crippen molar-refractivity contribution < 1.29 is 19.5 Å². The van der Waals surface area contributed by atoms with Gasteiger partial charge in [0, 0.05) is 6.92 Å². The minimum absolute atomic E-state index is 0.0147. The Labute approximate surface area is 139 Å². The number of carboxylic acid groups (broad SMARTS) is 1. The fourth-order valence-corrected chi connectivity index (χ4v) is 2.26. The van der Waals surface area contributed by atoms with E-state index in [2.05, 4.69) is 10.6 Å². The summed E-state index contributed by atoms with van der Waals surface area (Å²) in [6, 6.07) is 7.82. The molecule has 1 aromatic carbocycles. The predicted molar refractivity (Wildman–Crippen MR) is 88.2 cm³/mol. The first kappa shape index (κ1) is 18.8. The molecule has 0 aromatic heterocycles. The van der Waals surface area contributed by atoms with Gasteiger partial charge in [-0.25, -0.2) is 0 Å². The van der Waals surface area contributed by atoms with Crippen LogP contribution in [0, 0.1) is 0 Å². The first-order valence-corrected chi connectivity index (χ1v) is 8.38. The predicted octanol–water partition coefficient (Wildman–Crippen LogP) is 0.151. The van der Waals surface area contributed by atoms with Gasteiger partial charge in [-0.3, -0.25) is 9.59 Å². The summed E-state index contributed by atoms with van der Waals surface area (Å²) in [6.45, 7) is 1.27. The molecule has 0 saturated carbocycles. The maximum absolute atomic E-state index is 12.3. The lowest BCUT2D eigenvalue weighted by Crippen LogP contribution is -2.49. The van der Waals surface area contributed by atoms with E-state index in [1.54, 1.807) is 24.3 Å². The Bertz CT molecular complexity index is 587. The van der Waals surface area contributed by atoms with Crippen molar-refractivity contribution in [2.45, 2.75) is 19.4 Å². The fourth-order valence-electron chi connectivity index (χ4n) is 1.78. The SMILES string of the molecule is CSCC[C@@H](NC(=O)C(=Cc1ccccc1)NC(C)=O)C(=O)[O-]. The van der Waals surface area contributed by atoms with Crippen molar-refractivity contribution in [3.8, 4) is 0 Å². The highest BCUT2D eigenvalue weighted by Gasteiger charge is 2.17. The van der Waals surface area contributed by atoms with Gasteiger partial charge >= 0.3 is 0 Å². The van der Waals surface area contributed by atoms with Crippen LogP contribution in [0.1, 0.15) is 18.9 Å². The van der Waals surface area contributed by atoms with Gasteiger partial charge in [-0.05, 0) is 30.1 Å². The van der Waals surface area contributed by atoms with E-state index < -0.39 is 23.8 Å². The number of nitrogens with one attached hydrogen (secondary N) is 2. The molecule has 23 heavy (non-hydrogen) atoms. The molecular formula is C16H19N2O4S-. The summed E-state index contributed by atoms with van der Waals surface area (Å²) < 4.78 is 0. The molecule has 0 aliphatic rings. The second-order valence-corrected chi connectivity index (χ2v) is 5.76. The van der Waals surface area contributed by atoms with Gasteiger partial charge in [0.2, 0.25) is 5.91 Å². The van der Waals surface area contributed by atoms with Gasteiger partial charge in [0.25, 0.3) is 5.91 Å². The molecule has 0 saturated heterocycles. The summed E-state index contributed by atoms with van der Waals surface area (Å²) in [5.41, 5.74) is 0.694. The minimum atomic E-state index is -1.35. The summed E-state index contributed by atoms with van der Waals surface area (Å²) in [4.78, 5) is 34.6. The number of carbonyl (C=O) groups is 3. The molecular weight excluding hydrogens is 316 g/mol. The Morgan fingerprint density at radius 2 is 1.91 bits per heavy atom. The largest absolute Gasteiger partial charge is 0.548 e. The van der Waals surface area contributed by atoms with E-state index >= 15 is 0 Å². The van der Waals surface area contributed by atoms with Gasteiger partial charge < -0.3 is 20.5 Å². The number of amides is 2. The lowest BCUT2D eigenvalue weighted by atomic mass is 10.1. The molecule has 7 heteroatoms. The summed E-state index contributed by atoms with van der Waals surface area (Å²) >= 11 is 1.47. The molecule has 1 rings (SSSR count). The van der Waals surface area contributed by atoms with Crippen LogP contribution in [0.2, 0.25) is 0 Å². The van der Waals surface area contributed by atoms with Crippen molar-refractivity contribution in [2.75, 3.05) is 12.0 Å². The molecule has 0 radical (unpaired) electrons. The van der Waals surface area contributed by atoms with Crippen molar-refractivity contribution in [2.24, 2.45) is 0 Å². The second-order valence-electron chi connectivity index (χ2n) is 4.78. The molecule has 6 nitrogen and oxygen atoms in total. The number of carboxylic acids is 1. The Balaban J connectivity index is 2.93. The van der Waals surface area contributed by atoms with Gasteiger partial charge in [-0.15, -0.1) is 0 Å². The van der Waals surface area contributed by atoms with E-state index in [9.17, 15) is 19.5 Å². The van der Waals surface area contributed by atoms with Crippen molar-refractivity contribution in [1.82, 2.24) is 10.6 Å². The Kier molecular flexibility index (Phi) is 7.90. The first-order valence-electron chi connectivity index (χ1n) is 6.99. The topological polar surface area (TPSA) is 98.3 Å². The highest BCUT2D eigenvalue weighted by Crippen LogP contribution is 2.06. The van der Waals surface area contributed by atoms with E-state index in [4.69, 9.17) is 0 Å². The molecule has 0 aliphatic heterocycles. The third kappa shape index (κ3) is 7.01. The summed E-state index contributed by atoms with van der Waals surface area (Å²) in [5.74, 6) is -1.87. The Morgan fingerprint density at radius 3 is 2.43 bits per heavy atom. The van der Waals surface area contributed by atoms with Crippen LogP contribution in [0.3, 0.4) is 0 Å². The van der Waals surface area contributed by atoms with Crippen LogP contribution in [-0.2, 0) is 14.4 Å². The zero-order valence-corrected chi connectivity index (χ0v) is 13.8. The maximum Gasteiger partial charge on any atom is 0.268 e. The number of hydrogen-bond acceptors (Lipinski definition) is 5. The Morgan fingerprint density at radius 1 is 1.26 bits per heavy atom. The lowest BCUT2D eigenvalue weighted by Gasteiger charge is -2.20. The molecule has 2 N–H and O–H groups in total. The zero-order valence-electron chi connectivity index (χ0n) is 13.0. The van der Waals surface area contributed by atoms with Crippen LogP contribution in [0.4, 0.5) is 0 Å². The van der Waals surface area contributed by atoms with E-state index in [1.807, 2.05) is 12.3 Å². The second kappa shape index (κ2) is 9.68.